The highest BCUT2D eigenvalue weighted by atomic mass is 32.2. The number of hydrogen-bond acceptors (Lipinski definition) is 5. The van der Waals surface area contributed by atoms with Gasteiger partial charge in [0.2, 0.25) is 15.9 Å². The number of carbonyl (C=O) groups is 1. The number of rotatable bonds is 10. The zero-order chi connectivity index (χ0) is 22.1. The SMILES string of the molecule is CCCOc1ccc(/C=C/C(=O)Nc2cccc(S(=O)(=O)N(C)C)c2)cc1OCC. The van der Waals surface area contributed by atoms with Gasteiger partial charge in [0.25, 0.3) is 0 Å². The van der Waals surface area contributed by atoms with E-state index in [2.05, 4.69) is 5.32 Å². The number of nitrogens with one attached hydrogen (secondary N) is 1. The molecule has 0 saturated carbocycles. The monoisotopic (exact) mass is 432 g/mol. The molecule has 30 heavy (non-hydrogen) atoms. The normalized spacial score (nSPS) is 11.6. The van der Waals surface area contributed by atoms with Crippen LogP contribution in [-0.4, -0.2) is 45.9 Å². The Labute approximate surface area is 178 Å². The van der Waals surface area contributed by atoms with Crippen LogP contribution in [-0.2, 0) is 14.8 Å². The molecule has 0 spiro atoms. The van der Waals surface area contributed by atoms with Gasteiger partial charge in [-0.15, -0.1) is 0 Å². The van der Waals surface area contributed by atoms with E-state index in [1.54, 1.807) is 18.2 Å². The molecule has 0 bridgehead atoms. The molecular weight excluding hydrogens is 404 g/mol. The van der Waals surface area contributed by atoms with Gasteiger partial charge in [0.15, 0.2) is 11.5 Å². The van der Waals surface area contributed by atoms with Gasteiger partial charge in [0, 0.05) is 25.9 Å². The fraction of sp³-hybridized carbons (Fsp3) is 0.318. The van der Waals surface area contributed by atoms with E-state index in [4.69, 9.17) is 9.47 Å². The van der Waals surface area contributed by atoms with E-state index >= 15 is 0 Å². The molecule has 0 aliphatic rings. The first kappa shape index (κ1) is 23.4. The molecule has 0 radical (unpaired) electrons. The van der Waals surface area contributed by atoms with E-state index in [9.17, 15) is 13.2 Å². The van der Waals surface area contributed by atoms with Crippen molar-refractivity contribution < 1.29 is 22.7 Å². The quantitative estimate of drug-likeness (QED) is 0.578. The lowest BCUT2D eigenvalue weighted by Gasteiger charge is -2.12. The summed E-state index contributed by atoms with van der Waals surface area (Å²) in [7, 11) is -0.660. The van der Waals surface area contributed by atoms with E-state index in [1.165, 1.54) is 32.3 Å². The zero-order valence-corrected chi connectivity index (χ0v) is 18.5. The first-order chi connectivity index (χ1) is 14.3. The summed E-state index contributed by atoms with van der Waals surface area (Å²) in [5.41, 5.74) is 1.17. The molecule has 2 aromatic rings. The third-order valence-corrected chi connectivity index (χ3v) is 5.85. The second-order valence-corrected chi connectivity index (χ2v) is 8.78. The lowest BCUT2D eigenvalue weighted by atomic mass is 10.2. The number of benzene rings is 2. The van der Waals surface area contributed by atoms with Crippen molar-refractivity contribution in [2.24, 2.45) is 0 Å². The van der Waals surface area contributed by atoms with E-state index in [1.807, 2.05) is 32.0 Å². The maximum absolute atomic E-state index is 12.3. The van der Waals surface area contributed by atoms with E-state index in [-0.39, 0.29) is 10.8 Å². The number of hydrogen-bond donors (Lipinski definition) is 1. The molecule has 0 fully saturated rings. The molecule has 0 aromatic heterocycles. The van der Waals surface area contributed by atoms with E-state index in [0.717, 1.165) is 16.3 Å². The second-order valence-electron chi connectivity index (χ2n) is 6.63. The summed E-state index contributed by atoms with van der Waals surface area (Å²) < 4.78 is 36.9. The van der Waals surface area contributed by atoms with Gasteiger partial charge in [-0.2, -0.15) is 0 Å². The highest BCUT2D eigenvalue weighted by Gasteiger charge is 2.17. The largest absolute Gasteiger partial charge is 0.490 e. The molecule has 1 amide bonds. The molecule has 2 rings (SSSR count). The van der Waals surface area contributed by atoms with Gasteiger partial charge in [0.05, 0.1) is 18.1 Å². The number of anilines is 1. The Kier molecular flexibility index (Phi) is 8.44. The summed E-state index contributed by atoms with van der Waals surface area (Å²) in [5.74, 6) is 0.910. The van der Waals surface area contributed by atoms with Gasteiger partial charge < -0.3 is 14.8 Å². The van der Waals surface area contributed by atoms with Crippen LogP contribution < -0.4 is 14.8 Å². The van der Waals surface area contributed by atoms with Crippen LogP contribution in [0.4, 0.5) is 5.69 Å². The van der Waals surface area contributed by atoms with Crippen molar-refractivity contribution in [3.8, 4) is 11.5 Å². The van der Waals surface area contributed by atoms with Crippen molar-refractivity contribution in [3.63, 3.8) is 0 Å². The van der Waals surface area contributed by atoms with Crippen LogP contribution in [0.25, 0.3) is 6.08 Å². The first-order valence-corrected chi connectivity index (χ1v) is 11.1. The fourth-order valence-electron chi connectivity index (χ4n) is 2.53. The molecule has 0 aliphatic carbocycles. The van der Waals surface area contributed by atoms with Crippen LogP contribution >= 0.6 is 0 Å². The van der Waals surface area contributed by atoms with E-state index < -0.39 is 10.0 Å². The number of nitrogens with zero attached hydrogens (tertiary/aromatic N) is 1. The summed E-state index contributed by atoms with van der Waals surface area (Å²) >= 11 is 0. The number of amides is 1. The summed E-state index contributed by atoms with van der Waals surface area (Å²) in [5, 5.41) is 2.68. The summed E-state index contributed by atoms with van der Waals surface area (Å²) in [4.78, 5) is 12.4. The molecule has 8 heteroatoms. The number of sulfonamides is 1. The molecule has 2 aromatic carbocycles. The van der Waals surface area contributed by atoms with Gasteiger partial charge in [-0.3, -0.25) is 4.79 Å². The average molecular weight is 433 g/mol. The summed E-state index contributed by atoms with van der Waals surface area (Å²) in [6.07, 6.45) is 3.93. The summed E-state index contributed by atoms with van der Waals surface area (Å²) in [6, 6.07) is 11.6. The maximum Gasteiger partial charge on any atom is 0.248 e. The third-order valence-electron chi connectivity index (χ3n) is 4.04. The average Bonchev–Trinajstić information content (AvgIpc) is 2.72. The molecule has 7 nitrogen and oxygen atoms in total. The Morgan fingerprint density at radius 2 is 1.83 bits per heavy atom. The van der Waals surface area contributed by atoms with E-state index in [0.29, 0.717) is 30.4 Å². The van der Waals surface area contributed by atoms with Crippen molar-refractivity contribution in [1.29, 1.82) is 0 Å². The Morgan fingerprint density at radius 1 is 1.07 bits per heavy atom. The first-order valence-electron chi connectivity index (χ1n) is 9.69. The van der Waals surface area contributed by atoms with Crippen LogP contribution in [0.5, 0.6) is 11.5 Å². The standard InChI is InChI=1S/C22H28N2O5S/c1-5-14-29-20-12-10-17(15-21(20)28-6-2)11-13-22(25)23-18-8-7-9-19(16-18)30(26,27)24(3)4/h7-13,15-16H,5-6,14H2,1-4H3,(H,23,25)/b13-11+. The Bertz CT molecular complexity index is 1000. The lowest BCUT2D eigenvalue weighted by Crippen LogP contribution is -2.22. The second kappa shape index (κ2) is 10.8. The van der Waals surface area contributed by atoms with Crippen molar-refractivity contribution in [3.05, 3.63) is 54.1 Å². The van der Waals surface area contributed by atoms with Crippen molar-refractivity contribution in [2.75, 3.05) is 32.6 Å². The highest BCUT2D eigenvalue weighted by molar-refractivity contribution is 7.89. The van der Waals surface area contributed by atoms with Crippen LogP contribution in [0.3, 0.4) is 0 Å². The predicted molar refractivity (Wildman–Crippen MR) is 118 cm³/mol. The van der Waals surface area contributed by atoms with Gasteiger partial charge in [-0.1, -0.05) is 19.1 Å². The Hall–Kier alpha value is -2.84. The Balaban J connectivity index is 2.12. The van der Waals surface area contributed by atoms with Gasteiger partial charge in [-0.25, -0.2) is 12.7 Å². The Morgan fingerprint density at radius 3 is 2.50 bits per heavy atom. The fourth-order valence-corrected chi connectivity index (χ4v) is 3.48. The van der Waals surface area contributed by atoms with Crippen LogP contribution in [0.15, 0.2) is 53.4 Å². The molecule has 1 N–H and O–H groups in total. The highest BCUT2D eigenvalue weighted by Crippen LogP contribution is 2.29. The minimum Gasteiger partial charge on any atom is -0.490 e. The van der Waals surface area contributed by atoms with Gasteiger partial charge >= 0.3 is 0 Å². The molecular formula is C22H28N2O5S. The molecule has 0 aliphatic heterocycles. The van der Waals surface area contributed by atoms with Crippen molar-refractivity contribution in [1.82, 2.24) is 4.31 Å². The molecule has 0 unspecified atom stereocenters. The van der Waals surface area contributed by atoms with Gasteiger partial charge in [0.1, 0.15) is 0 Å². The third kappa shape index (κ3) is 6.33. The van der Waals surface area contributed by atoms with Crippen LogP contribution in [0, 0.1) is 0 Å². The minimum atomic E-state index is -3.57. The van der Waals surface area contributed by atoms with Crippen LogP contribution in [0.1, 0.15) is 25.8 Å². The lowest BCUT2D eigenvalue weighted by molar-refractivity contribution is -0.111. The molecule has 0 atom stereocenters. The number of carbonyl (C=O) groups excluding carboxylic acids is 1. The smallest absolute Gasteiger partial charge is 0.248 e. The summed E-state index contributed by atoms with van der Waals surface area (Å²) in [6.45, 7) is 5.02. The molecule has 0 heterocycles. The minimum absolute atomic E-state index is 0.110. The molecule has 0 saturated heterocycles. The topological polar surface area (TPSA) is 84.9 Å². The molecule has 162 valence electrons. The zero-order valence-electron chi connectivity index (χ0n) is 17.7. The maximum atomic E-state index is 12.3. The van der Waals surface area contributed by atoms with Crippen molar-refractivity contribution in [2.45, 2.75) is 25.2 Å². The number of ether oxygens (including phenoxy) is 2. The van der Waals surface area contributed by atoms with Gasteiger partial charge in [-0.05, 0) is 55.3 Å². The van der Waals surface area contributed by atoms with Crippen LogP contribution in [0.2, 0.25) is 0 Å². The van der Waals surface area contributed by atoms with Crippen molar-refractivity contribution >= 4 is 27.7 Å². The predicted octanol–water partition coefficient (Wildman–Crippen LogP) is 3.78.